The molecule has 5 heteroatoms. The van der Waals surface area contributed by atoms with Crippen LogP contribution in [0.4, 0.5) is 0 Å². The second-order valence-corrected chi connectivity index (χ2v) is 31.0. The first-order valence-electron chi connectivity index (χ1n) is 44.9. The minimum absolute atomic E-state index is 0.0563. The van der Waals surface area contributed by atoms with Gasteiger partial charge < -0.3 is 14.6 Å². The predicted molar refractivity (Wildman–Crippen MR) is 427 cm³/mol. The van der Waals surface area contributed by atoms with Crippen molar-refractivity contribution in [2.24, 2.45) is 0 Å². The van der Waals surface area contributed by atoms with Gasteiger partial charge in [0, 0.05) is 12.8 Å². The lowest BCUT2D eigenvalue weighted by molar-refractivity contribution is -0.161. The van der Waals surface area contributed by atoms with Crippen molar-refractivity contribution in [3.05, 3.63) is 24.3 Å². The van der Waals surface area contributed by atoms with Gasteiger partial charge in [0.1, 0.15) is 6.61 Å². The number of aliphatic hydroxyl groups is 1. The molecule has 0 aliphatic heterocycles. The van der Waals surface area contributed by atoms with Crippen LogP contribution in [0.5, 0.6) is 0 Å². The van der Waals surface area contributed by atoms with E-state index in [-0.39, 0.29) is 25.2 Å². The summed E-state index contributed by atoms with van der Waals surface area (Å²) < 4.78 is 10.8. The van der Waals surface area contributed by atoms with Crippen LogP contribution < -0.4 is 0 Å². The van der Waals surface area contributed by atoms with Gasteiger partial charge in [-0.3, -0.25) is 9.59 Å². The van der Waals surface area contributed by atoms with E-state index in [1.165, 1.54) is 462 Å². The average molecular weight is 1350 g/mol. The second kappa shape index (κ2) is 87.6. The molecule has 1 N–H and O–H groups in total. The number of carbonyl (C=O) groups is 2. The molecule has 0 aromatic heterocycles. The number of carbonyl (C=O) groups excluding carboxylic acids is 2. The average Bonchev–Trinajstić information content (AvgIpc) is 3.79. The van der Waals surface area contributed by atoms with E-state index in [9.17, 15) is 14.7 Å². The maximum atomic E-state index is 12.4. The van der Waals surface area contributed by atoms with Crippen molar-refractivity contribution < 1.29 is 24.2 Å². The van der Waals surface area contributed by atoms with Crippen LogP contribution in [-0.2, 0) is 19.1 Å². The van der Waals surface area contributed by atoms with E-state index in [1.54, 1.807) is 0 Å². The summed E-state index contributed by atoms with van der Waals surface area (Å²) in [5.74, 6) is -0.556. The topological polar surface area (TPSA) is 72.8 Å². The van der Waals surface area contributed by atoms with Gasteiger partial charge in [-0.2, -0.15) is 0 Å². The molecular weight excluding hydrogens is 1170 g/mol. The SMILES string of the molecule is CCCCCCC/C=C\C/C=C\CCCCCCCCCCCCCCCCCCCCCCCCCCCCCCCC(=O)OC(CO)COC(=O)CCCCCCCCCCCCCCCCCCCCCCCCCCCCCCCCCCCCCCCCCCC. The molecular formula is C91H176O5. The van der Waals surface area contributed by atoms with Gasteiger partial charge in [-0.25, -0.2) is 0 Å². The Bertz CT molecular complexity index is 1490. The first-order valence-corrected chi connectivity index (χ1v) is 44.9. The molecule has 1 unspecified atom stereocenters. The van der Waals surface area contributed by atoms with E-state index >= 15 is 0 Å². The Morgan fingerprint density at radius 3 is 0.615 bits per heavy atom. The largest absolute Gasteiger partial charge is 0.462 e. The van der Waals surface area contributed by atoms with E-state index < -0.39 is 6.10 Å². The first-order chi connectivity index (χ1) is 47.6. The Balaban J connectivity index is 3.32. The van der Waals surface area contributed by atoms with E-state index in [0.29, 0.717) is 12.8 Å². The van der Waals surface area contributed by atoms with Gasteiger partial charge in [0.05, 0.1) is 6.61 Å². The molecule has 0 radical (unpaired) electrons. The van der Waals surface area contributed by atoms with Gasteiger partial charge in [-0.15, -0.1) is 0 Å². The van der Waals surface area contributed by atoms with E-state index in [1.807, 2.05) is 0 Å². The molecule has 0 rings (SSSR count). The minimum Gasteiger partial charge on any atom is -0.462 e. The smallest absolute Gasteiger partial charge is 0.306 e. The molecule has 0 saturated heterocycles. The summed E-state index contributed by atoms with van der Waals surface area (Å²) in [4.78, 5) is 24.8. The molecule has 5 nitrogen and oxygen atoms in total. The van der Waals surface area contributed by atoms with Crippen molar-refractivity contribution in [1.82, 2.24) is 0 Å². The molecule has 0 fully saturated rings. The Morgan fingerprint density at radius 2 is 0.417 bits per heavy atom. The van der Waals surface area contributed by atoms with Gasteiger partial charge in [-0.1, -0.05) is 494 Å². The summed E-state index contributed by atoms with van der Waals surface area (Å²) in [7, 11) is 0. The normalized spacial score (nSPS) is 12.2. The third kappa shape index (κ3) is 84.8. The van der Waals surface area contributed by atoms with E-state index in [2.05, 4.69) is 38.2 Å². The number of rotatable bonds is 86. The maximum absolute atomic E-state index is 12.4. The molecule has 570 valence electrons. The fraction of sp³-hybridized carbons (Fsp3) is 0.934. The summed E-state index contributed by atoms with van der Waals surface area (Å²) >= 11 is 0. The highest BCUT2D eigenvalue weighted by Gasteiger charge is 2.16. The highest BCUT2D eigenvalue weighted by atomic mass is 16.6. The fourth-order valence-corrected chi connectivity index (χ4v) is 14.5. The van der Waals surface area contributed by atoms with Crippen molar-refractivity contribution in [2.75, 3.05) is 13.2 Å². The number of hydrogen-bond donors (Lipinski definition) is 1. The summed E-state index contributed by atoms with van der Waals surface area (Å²) in [5, 5.41) is 9.75. The van der Waals surface area contributed by atoms with Crippen LogP contribution in [0.15, 0.2) is 24.3 Å². The van der Waals surface area contributed by atoms with Crippen LogP contribution in [0.1, 0.15) is 528 Å². The van der Waals surface area contributed by atoms with Crippen LogP contribution >= 0.6 is 0 Å². The summed E-state index contributed by atoms with van der Waals surface area (Å²) in [6.45, 7) is 4.22. The molecule has 0 aliphatic carbocycles. The minimum atomic E-state index is -0.769. The molecule has 0 amide bonds. The van der Waals surface area contributed by atoms with Gasteiger partial charge in [0.2, 0.25) is 0 Å². The zero-order valence-corrected chi connectivity index (χ0v) is 65.9. The number of unbranched alkanes of at least 4 members (excludes halogenated alkanes) is 74. The number of aliphatic hydroxyl groups excluding tert-OH is 1. The second-order valence-electron chi connectivity index (χ2n) is 31.0. The monoisotopic (exact) mass is 1350 g/mol. The van der Waals surface area contributed by atoms with Gasteiger partial charge in [0.25, 0.3) is 0 Å². The molecule has 0 saturated carbocycles. The molecule has 0 aromatic carbocycles. The molecule has 0 bridgehead atoms. The summed E-state index contributed by atoms with van der Waals surface area (Å²) in [5.41, 5.74) is 0. The van der Waals surface area contributed by atoms with E-state index in [4.69, 9.17) is 9.47 Å². The van der Waals surface area contributed by atoms with Crippen LogP contribution in [-0.4, -0.2) is 36.4 Å². The number of hydrogen-bond acceptors (Lipinski definition) is 5. The lowest BCUT2D eigenvalue weighted by Gasteiger charge is -2.15. The van der Waals surface area contributed by atoms with E-state index in [0.717, 1.165) is 38.5 Å². The zero-order chi connectivity index (χ0) is 69.0. The summed E-state index contributed by atoms with van der Waals surface area (Å²) in [6, 6.07) is 0. The van der Waals surface area contributed by atoms with Crippen molar-refractivity contribution in [1.29, 1.82) is 0 Å². The Kier molecular flexibility index (Phi) is 86.1. The number of allylic oxidation sites excluding steroid dienone is 4. The number of esters is 2. The first kappa shape index (κ1) is 94.4. The molecule has 96 heavy (non-hydrogen) atoms. The third-order valence-electron chi connectivity index (χ3n) is 21.2. The van der Waals surface area contributed by atoms with Crippen molar-refractivity contribution >= 4 is 11.9 Å². The van der Waals surface area contributed by atoms with Crippen LogP contribution in [0, 0.1) is 0 Å². The maximum Gasteiger partial charge on any atom is 0.306 e. The highest BCUT2D eigenvalue weighted by molar-refractivity contribution is 5.70. The third-order valence-corrected chi connectivity index (χ3v) is 21.2. The molecule has 0 heterocycles. The molecule has 0 spiro atoms. The van der Waals surface area contributed by atoms with Gasteiger partial charge in [-0.05, 0) is 44.9 Å². The fourth-order valence-electron chi connectivity index (χ4n) is 14.5. The Labute approximate surface area is 604 Å². The molecule has 1 atom stereocenters. The van der Waals surface area contributed by atoms with Crippen molar-refractivity contribution in [2.45, 2.75) is 534 Å². The Morgan fingerprint density at radius 1 is 0.240 bits per heavy atom. The Hall–Kier alpha value is -1.62. The zero-order valence-electron chi connectivity index (χ0n) is 65.9. The quantitative estimate of drug-likeness (QED) is 0.0373. The van der Waals surface area contributed by atoms with Crippen molar-refractivity contribution in [3.8, 4) is 0 Å². The number of ether oxygens (including phenoxy) is 2. The highest BCUT2D eigenvalue weighted by Crippen LogP contribution is 2.22. The molecule has 0 aromatic rings. The lowest BCUT2D eigenvalue weighted by atomic mass is 10.0. The van der Waals surface area contributed by atoms with Crippen LogP contribution in [0.25, 0.3) is 0 Å². The molecule has 0 aliphatic rings. The van der Waals surface area contributed by atoms with Crippen LogP contribution in [0.3, 0.4) is 0 Å². The van der Waals surface area contributed by atoms with Crippen LogP contribution in [0.2, 0.25) is 0 Å². The summed E-state index contributed by atoms with van der Waals surface area (Å²) in [6.07, 6.45) is 118. The predicted octanol–water partition coefficient (Wildman–Crippen LogP) is 31.8. The van der Waals surface area contributed by atoms with Crippen molar-refractivity contribution in [3.63, 3.8) is 0 Å². The van der Waals surface area contributed by atoms with Gasteiger partial charge in [0.15, 0.2) is 6.10 Å². The lowest BCUT2D eigenvalue weighted by Crippen LogP contribution is -2.28. The van der Waals surface area contributed by atoms with Gasteiger partial charge >= 0.3 is 11.9 Å². The standard InChI is InChI=1S/C91H176O5/c1-3-5-7-9-11-13-15-17-19-21-23-25-27-29-31-33-35-37-39-41-43-45-47-49-51-53-55-57-59-61-63-65-67-69-71-73-75-77-79-81-83-85-90(93)95-88-89(87-92)96-91(94)86-84-82-80-78-76-74-72-70-68-66-64-62-60-58-56-54-52-50-48-46-44-42-40-38-36-34-32-30-28-26-24-22-20-18-16-14-12-10-8-6-4-2/h16,18,22,24,89,92H,3-15,17,19-21,23,25-88H2,1-2H3/b18-16-,24-22-.